The van der Waals surface area contributed by atoms with Gasteiger partial charge in [0.25, 0.3) is 5.91 Å². The number of hydrogen-bond acceptors (Lipinski definition) is 7. The number of benzene rings is 2. The number of carbonyl (C=O) groups excluding carboxylic acids is 2. The minimum Gasteiger partial charge on any atom is -0.497 e. The van der Waals surface area contributed by atoms with Gasteiger partial charge in [-0.3, -0.25) is 9.59 Å². The number of methoxy groups -OCH3 is 2. The third kappa shape index (κ3) is 6.84. The highest BCUT2D eigenvalue weighted by Crippen LogP contribution is 2.33. The van der Waals surface area contributed by atoms with E-state index in [1.807, 2.05) is 53.9 Å². The van der Waals surface area contributed by atoms with Gasteiger partial charge in [0.1, 0.15) is 11.4 Å². The van der Waals surface area contributed by atoms with E-state index in [1.165, 1.54) is 18.4 Å². The number of likely N-dealkylation sites (tertiary alicyclic amines) is 1. The summed E-state index contributed by atoms with van der Waals surface area (Å²) in [4.78, 5) is 31.2. The lowest BCUT2D eigenvalue weighted by Gasteiger charge is -2.33. The van der Waals surface area contributed by atoms with E-state index in [4.69, 9.17) is 17.0 Å². The molecule has 1 amide bonds. The van der Waals surface area contributed by atoms with Crippen molar-refractivity contribution in [3.05, 3.63) is 64.6 Å². The van der Waals surface area contributed by atoms with E-state index < -0.39 is 0 Å². The Balaban J connectivity index is 1.36. The molecule has 1 aromatic heterocycles. The first-order chi connectivity index (χ1) is 18.0. The van der Waals surface area contributed by atoms with Crippen molar-refractivity contribution in [3.8, 4) is 16.9 Å². The van der Waals surface area contributed by atoms with Crippen LogP contribution in [0.5, 0.6) is 5.75 Å². The standard InChI is InChI=1S/C27H30N4O4S2/c1-34-20-8-9-21(18-6-4-3-5-7-18)22(16-20)29-25(33)23-17-37-26(30-23)19-11-14-31(15-12-19)27(36)28-13-10-24(32)35-2/h3-9,16-17,19H,10-15H2,1-2H3,(H,28,36)(H,29,33). The van der Waals surface area contributed by atoms with E-state index in [0.717, 1.165) is 42.1 Å². The van der Waals surface area contributed by atoms with E-state index in [2.05, 4.69) is 25.3 Å². The van der Waals surface area contributed by atoms with Crippen LogP contribution < -0.4 is 15.4 Å². The molecule has 0 saturated carbocycles. The molecule has 194 valence electrons. The van der Waals surface area contributed by atoms with Crippen LogP contribution >= 0.6 is 23.6 Å². The number of carbonyl (C=O) groups is 2. The van der Waals surface area contributed by atoms with Crippen molar-refractivity contribution in [2.75, 3.05) is 39.2 Å². The number of thiazole rings is 1. The van der Waals surface area contributed by atoms with Crippen LogP contribution in [0.4, 0.5) is 5.69 Å². The van der Waals surface area contributed by atoms with E-state index in [-0.39, 0.29) is 24.2 Å². The summed E-state index contributed by atoms with van der Waals surface area (Å²) >= 11 is 6.99. The summed E-state index contributed by atoms with van der Waals surface area (Å²) in [5, 5.41) is 9.58. The first-order valence-electron chi connectivity index (χ1n) is 12.1. The lowest BCUT2D eigenvalue weighted by Crippen LogP contribution is -2.44. The van der Waals surface area contributed by atoms with Gasteiger partial charge in [-0.1, -0.05) is 30.3 Å². The molecule has 10 heteroatoms. The maximum atomic E-state index is 13.1. The van der Waals surface area contributed by atoms with E-state index in [9.17, 15) is 9.59 Å². The molecule has 2 N–H and O–H groups in total. The van der Waals surface area contributed by atoms with Crippen molar-refractivity contribution < 1.29 is 19.1 Å². The van der Waals surface area contributed by atoms with Crippen molar-refractivity contribution in [1.29, 1.82) is 0 Å². The average Bonchev–Trinajstić information content (AvgIpc) is 3.44. The summed E-state index contributed by atoms with van der Waals surface area (Å²) in [7, 11) is 2.98. The fourth-order valence-corrected chi connectivity index (χ4v) is 5.46. The zero-order valence-corrected chi connectivity index (χ0v) is 22.5. The third-order valence-electron chi connectivity index (χ3n) is 6.28. The van der Waals surface area contributed by atoms with Crippen molar-refractivity contribution in [1.82, 2.24) is 15.2 Å². The molecule has 4 rings (SSSR count). The van der Waals surface area contributed by atoms with Gasteiger partial charge in [-0.2, -0.15) is 0 Å². The monoisotopic (exact) mass is 538 g/mol. The Labute approximate surface area is 226 Å². The normalized spacial score (nSPS) is 13.6. The zero-order chi connectivity index (χ0) is 26.2. The zero-order valence-electron chi connectivity index (χ0n) is 20.9. The van der Waals surface area contributed by atoms with Gasteiger partial charge in [-0.15, -0.1) is 11.3 Å². The van der Waals surface area contributed by atoms with E-state index in [1.54, 1.807) is 7.11 Å². The quantitative estimate of drug-likeness (QED) is 0.315. The minimum absolute atomic E-state index is 0.249. The number of anilines is 1. The van der Waals surface area contributed by atoms with Gasteiger partial charge < -0.3 is 25.0 Å². The number of esters is 1. The topological polar surface area (TPSA) is 92.8 Å². The molecule has 1 saturated heterocycles. The van der Waals surface area contributed by atoms with Gasteiger partial charge in [-0.05, 0) is 42.8 Å². The number of aromatic nitrogens is 1. The lowest BCUT2D eigenvalue weighted by molar-refractivity contribution is -0.140. The number of hydrogen-bond donors (Lipinski definition) is 2. The molecule has 0 bridgehead atoms. The van der Waals surface area contributed by atoms with Crippen LogP contribution in [0, 0.1) is 0 Å². The molecule has 1 fully saturated rings. The molecule has 0 atom stereocenters. The van der Waals surface area contributed by atoms with Crippen LogP contribution in [-0.2, 0) is 9.53 Å². The van der Waals surface area contributed by atoms with Crippen LogP contribution in [0.15, 0.2) is 53.9 Å². The van der Waals surface area contributed by atoms with Gasteiger partial charge in [0.2, 0.25) is 0 Å². The van der Waals surface area contributed by atoms with E-state index >= 15 is 0 Å². The Morgan fingerprint density at radius 2 is 1.89 bits per heavy atom. The minimum atomic E-state index is -0.264. The van der Waals surface area contributed by atoms with E-state index in [0.29, 0.717) is 28.8 Å². The highest BCUT2D eigenvalue weighted by molar-refractivity contribution is 7.80. The summed E-state index contributed by atoms with van der Waals surface area (Å²) in [6.45, 7) is 2.04. The molecule has 8 nitrogen and oxygen atoms in total. The molecule has 2 heterocycles. The molecule has 0 unspecified atom stereocenters. The predicted octanol–water partition coefficient (Wildman–Crippen LogP) is 4.69. The number of thiocarbonyl (C=S) groups is 1. The first kappa shape index (κ1) is 26.6. The SMILES string of the molecule is COC(=O)CCNC(=S)N1CCC(c2nc(C(=O)Nc3cc(OC)ccc3-c3ccccc3)cs2)CC1. The van der Waals surface area contributed by atoms with Crippen molar-refractivity contribution in [3.63, 3.8) is 0 Å². The summed E-state index contributed by atoms with van der Waals surface area (Å²) in [6.07, 6.45) is 2.06. The highest BCUT2D eigenvalue weighted by Gasteiger charge is 2.25. The Bertz CT molecular complexity index is 1240. The second kappa shape index (κ2) is 12.6. The summed E-state index contributed by atoms with van der Waals surface area (Å²) in [5.74, 6) is 0.428. The first-order valence-corrected chi connectivity index (χ1v) is 13.4. The molecule has 0 spiro atoms. The molecule has 37 heavy (non-hydrogen) atoms. The van der Waals surface area contributed by atoms with Crippen LogP contribution in [0.3, 0.4) is 0 Å². The summed E-state index contributed by atoms with van der Waals surface area (Å²) in [6, 6.07) is 15.6. The van der Waals surface area contributed by atoms with Gasteiger partial charge in [0.05, 0.1) is 31.3 Å². The molecule has 0 aliphatic carbocycles. The number of piperidine rings is 1. The third-order valence-corrected chi connectivity index (χ3v) is 7.69. The van der Waals surface area contributed by atoms with Gasteiger partial charge in [0, 0.05) is 42.6 Å². The molecule has 3 aromatic rings. The van der Waals surface area contributed by atoms with Gasteiger partial charge >= 0.3 is 5.97 Å². The van der Waals surface area contributed by atoms with Crippen molar-refractivity contribution in [2.24, 2.45) is 0 Å². The Morgan fingerprint density at radius 3 is 2.59 bits per heavy atom. The summed E-state index contributed by atoms with van der Waals surface area (Å²) in [5.41, 5.74) is 2.99. The molecular formula is C27H30N4O4S2. The Morgan fingerprint density at radius 1 is 1.14 bits per heavy atom. The highest BCUT2D eigenvalue weighted by atomic mass is 32.1. The largest absolute Gasteiger partial charge is 0.497 e. The lowest BCUT2D eigenvalue weighted by atomic mass is 9.98. The fourth-order valence-electron chi connectivity index (χ4n) is 4.20. The second-order valence-corrected chi connectivity index (χ2v) is 9.90. The van der Waals surface area contributed by atoms with Crippen LogP contribution in [0.25, 0.3) is 11.1 Å². The molecular weight excluding hydrogens is 508 g/mol. The number of nitrogens with one attached hydrogen (secondary N) is 2. The Kier molecular flexibility index (Phi) is 9.08. The van der Waals surface area contributed by atoms with Gasteiger partial charge in [-0.25, -0.2) is 4.98 Å². The van der Waals surface area contributed by atoms with Gasteiger partial charge in [0.15, 0.2) is 5.11 Å². The van der Waals surface area contributed by atoms with Crippen molar-refractivity contribution in [2.45, 2.75) is 25.2 Å². The second-order valence-electron chi connectivity index (χ2n) is 8.62. The predicted molar refractivity (Wildman–Crippen MR) is 149 cm³/mol. The molecule has 1 aliphatic heterocycles. The molecule has 1 aliphatic rings. The maximum Gasteiger partial charge on any atom is 0.307 e. The smallest absolute Gasteiger partial charge is 0.307 e. The maximum absolute atomic E-state index is 13.1. The number of amides is 1. The average molecular weight is 539 g/mol. The molecule has 0 radical (unpaired) electrons. The van der Waals surface area contributed by atoms with Crippen LogP contribution in [0.1, 0.15) is 40.7 Å². The summed E-state index contributed by atoms with van der Waals surface area (Å²) < 4.78 is 10.0. The number of rotatable bonds is 8. The number of nitrogens with zero attached hydrogens (tertiary/aromatic N) is 2. The molecule has 2 aromatic carbocycles. The Hall–Kier alpha value is -3.50. The van der Waals surface area contributed by atoms with Crippen molar-refractivity contribution >= 4 is 46.2 Å². The van der Waals surface area contributed by atoms with Crippen LogP contribution in [-0.4, -0.2) is 60.7 Å². The fraction of sp³-hybridized carbons (Fsp3) is 0.333. The van der Waals surface area contributed by atoms with Crippen LogP contribution in [0.2, 0.25) is 0 Å². The number of ether oxygens (including phenoxy) is 2.